The summed E-state index contributed by atoms with van der Waals surface area (Å²) in [4.78, 5) is 63.2. The summed E-state index contributed by atoms with van der Waals surface area (Å²) in [5, 5.41) is 60.9. The summed E-state index contributed by atoms with van der Waals surface area (Å²) in [7, 11) is 0. The van der Waals surface area contributed by atoms with Crippen LogP contribution in [0.15, 0.2) is 30.3 Å². The molecule has 15 heteroatoms. The van der Waals surface area contributed by atoms with Gasteiger partial charge in [0, 0.05) is 0 Å². The van der Waals surface area contributed by atoms with Crippen LogP contribution in [-0.2, 0) is 24.0 Å². The molecular formula is C31H51N5O10. The lowest BCUT2D eigenvalue weighted by atomic mass is 9.97. The van der Waals surface area contributed by atoms with Crippen molar-refractivity contribution >= 4 is 29.6 Å². The molecule has 0 radical (unpaired) electrons. The monoisotopic (exact) mass is 653 g/mol. The number of nitrogens with one attached hydrogen (secondary N) is 4. The van der Waals surface area contributed by atoms with Gasteiger partial charge in [0.05, 0.1) is 31.2 Å². The van der Waals surface area contributed by atoms with Crippen LogP contribution in [0.25, 0.3) is 0 Å². The van der Waals surface area contributed by atoms with Crippen LogP contribution in [0.2, 0.25) is 0 Å². The predicted octanol–water partition coefficient (Wildman–Crippen LogP) is -1.47. The standard InChI is InChI=1S/C31H51N5O10/c1-15(2)12-20(34-30(45)24(17(5)6)36-29(44)23(32)16(3)4)28(43)35-21(14-37)25(40)26(41)27(42)31(46)33-19(13-22(38)39)18-10-8-7-9-11-18/h7-11,15-17,19-21,23-27,37,40-42H,12-14,32H2,1-6H3,(H,33,46)(H,34,45)(H,35,43)(H,36,44)(H,38,39). The second kappa shape index (κ2) is 19.1. The average Bonchev–Trinajstić information content (AvgIpc) is 2.99. The fraction of sp³-hybridized carbons (Fsp3) is 0.645. The zero-order valence-electron chi connectivity index (χ0n) is 27.2. The van der Waals surface area contributed by atoms with Crippen molar-refractivity contribution in [1.29, 1.82) is 0 Å². The molecule has 0 spiro atoms. The van der Waals surface area contributed by atoms with Crippen LogP contribution in [0.3, 0.4) is 0 Å². The van der Waals surface area contributed by atoms with Gasteiger partial charge in [-0.25, -0.2) is 0 Å². The fourth-order valence-corrected chi connectivity index (χ4v) is 4.52. The van der Waals surface area contributed by atoms with E-state index in [9.17, 15) is 49.5 Å². The van der Waals surface area contributed by atoms with E-state index in [0.29, 0.717) is 5.56 Å². The van der Waals surface area contributed by atoms with Crippen LogP contribution in [-0.4, -0.2) is 104 Å². The van der Waals surface area contributed by atoms with Crippen LogP contribution in [0, 0.1) is 17.8 Å². The minimum atomic E-state index is -2.28. The summed E-state index contributed by atoms with van der Waals surface area (Å²) in [5.41, 5.74) is 6.33. The molecule has 0 aliphatic rings. The maximum atomic E-state index is 13.3. The van der Waals surface area contributed by atoms with E-state index in [2.05, 4.69) is 21.3 Å². The van der Waals surface area contributed by atoms with E-state index < -0.39 is 91.1 Å². The SMILES string of the molecule is CC(C)CC(NC(=O)C(NC(=O)C(N)C(C)C)C(C)C)C(=O)NC(CO)C(O)C(O)C(O)C(=O)NC(CC(=O)O)c1ccccc1. The number of rotatable bonds is 19. The van der Waals surface area contributed by atoms with Crippen molar-refractivity contribution in [2.24, 2.45) is 23.5 Å². The number of carbonyl (C=O) groups excluding carboxylic acids is 4. The van der Waals surface area contributed by atoms with E-state index in [1.54, 1.807) is 71.9 Å². The van der Waals surface area contributed by atoms with Gasteiger partial charge in [0.15, 0.2) is 6.10 Å². The molecule has 1 aromatic rings. The summed E-state index contributed by atoms with van der Waals surface area (Å²) in [6.07, 6.45) is -6.98. The molecule has 0 saturated carbocycles. The number of carboxylic acids is 1. The van der Waals surface area contributed by atoms with Crippen LogP contribution in [0.1, 0.15) is 66.0 Å². The number of benzene rings is 1. The second-order valence-electron chi connectivity index (χ2n) is 12.5. The Bertz CT molecular complexity index is 1150. The van der Waals surface area contributed by atoms with E-state index in [1.807, 2.05) is 0 Å². The molecule has 0 aliphatic carbocycles. The van der Waals surface area contributed by atoms with E-state index in [0.717, 1.165) is 0 Å². The predicted molar refractivity (Wildman–Crippen MR) is 168 cm³/mol. The third kappa shape index (κ3) is 12.6. The third-order valence-electron chi connectivity index (χ3n) is 7.38. The summed E-state index contributed by atoms with van der Waals surface area (Å²) < 4.78 is 0. The first-order valence-corrected chi connectivity index (χ1v) is 15.3. The third-order valence-corrected chi connectivity index (χ3v) is 7.38. The largest absolute Gasteiger partial charge is 0.481 e. The van der Waals surface area contributed by atoms with Crippen LogP contribution in [0.4, 0.5) is 0 Å². The molecule has 8 unspecified atom stereocenters. The van der Waals surface area contributed by atoms with Crippen LogP contribution >= 0.6 is 0 Å². The molecule has 0 aliphatic heterocycles. The number of aliphatic hydroxyl groups is 4. The molecule has 0 fully saturated rings. The second-order valence-corrected chi connectivity index (χ2v) is 12.5. The number of hydrogen-bond acceptors (Lipinski definition) is 10. The summed E-state index contributed by atoms with van der Waals surface area (Å²) in [5.74, 6) is -5.16. The molecule has 260 valence electrons. The zero-order valence-corrected chi connectivity index (χ0v) is 27.2. The van der Waals surface area contributed by atoms with Crippen molar-refractivity contribution < 1.29 is 49.5 Å². The first-order chi connectivity index (χ1) is 21.4. The van der Waals surface area contributed by atoms with Gasteiger partial charge in [-0.3, -0.25) is 24.0 Å². The highest BCUT2D eigenvalue weighted by Gasteiger charge is 2.38. The lowest BCUT2D eigenvalue weighted by molar-refractivity contribution is -0.145. The van der Waals surface area contributed by atoms with Crippen molar-refractivity contribution in [2.45, 2.75) is 103 Å². The number of hydrogen-bond donors (Lipinski definition) is 10. The highest BCUT2D eigenvalue weighted by molar-refractivity contribution is 5.93. The topological polar surface area (TPSA) is 261 Å². The number of nitrogens with two attached hydrogens (primary N) is 1. The average molecular weight is 654 g/mol. The Hall–Kier alpha value is -3.63. The maximum absolute atomic E-state index is 13.3. The van der Waals surface area contributed by atoms with Gasteiger partial charge in [-0.05, 0) is 29.7 Å². The molecular weight excluding hydrogens is 602 g/mol. The Morgan fingerprint density at radius 3 is 1.80 bits per heavy atom. The quantitative estimate of drug-likeness (QED) is 0.0824. The molecule has 1 aromatic carbocycles. The minimum Gasteiger partial charge on any atom is -0.481 e. The van der Waals surface area contributed by atoms with Crippen molar-refractivity contribution in [3.63, 3.8) is 0 Å². The minimum absolute atomic E-state index is 0.116. The van der Waals surface area contributed by atoms with Gasteiger partial charge in [0.2, 0.25) is 17.7 Å². The van der Waals surface area contributed by atoms with Crippen molar-refractivity contribution in [2.75, 3.05) is 6.61 Å². The molecule has 46 heavy (non-hydrogen) atoms. The van der Waals surface area contributed by atoms with Gasteiger partial charge in [-0.15, -0.1) is 0 Å². The first-order valence-electron chi connectivity index (χ1n) is 15.3. The molecule has 0 aromatic heterocycles. The number of carbonyl (C=O) groups is 5. The summed E-state index contributed by atoms with van der Waals surface area (Å²) in [6, 6.07) is 2.30. The van der Waals surface area contributed by atoms with E-state index >= 15 is 0 Å². The lowest BCUT2D eigenvalue weighted by Crippen LogP contribution is -2.61. The van der Waals surface area contributed by atoms with Crippen molar-refractivity contribution in [1.82, 2.24) is 21.3 Å². The van der Waals surface area contributed by atoms with Gasteiger partial charge < -0.3 is 52.5 Å². The molecule has 0 heterocycles. The van der Waals surface area contributed by atoms with Crippen molar-refractivity contribution in [3.8, 4) is 0 Å². The number of amides is 4. The molecule has 0 bridgehead atoms. The van der Waals surface area contributed by atoms with Crippen molar-refractivity contribution in [3.05, 3.63) is 35.9 Å². The van der Waals surface area contributed by atoms with Gasteiger partial charge in [0.25, 0.3) is 5.91 Å². The Morgan fingerprint density at radius 1 is 0.739 bits per heavy atom. The van der Waals surface area contributed by atoms with E-state index in [-0.39, 0.29) is 24.2 Å². The van der Waals surface area contributed by atoms with Gasteiger partial charge in [-0.2, -0.15) is 0 Å². The highest BCUT2D eigenvalue weighted by Crippen LogP contribution is 2.18. The molecule has 0 saturated heterocycles. The van der Waals surface area contributed by atoms with E-state index in [4.69, 9.17) is 5.73 Å². The molecule has 11 N–H and O–H groups in total. The fourth-order valence-electron chi connectivity index (χ4n) is 4.52. The van der Waals surface area contributed by atoms with Gasteiger partial charge in [0.1, 0.15) is 24.3 Å². The van der Waals surface area contributed by atoms with E-state index in [1.165, 1.54) is 0 Å². The Labute approximate surface area is 269 Å². The number of aliphatic hydroxyl groups excluding tert-OH is 4. The smallest absolute Gasteiger partial charge is 0.305 e. The normalized spacial score (nSPS) is 16.8. The first kappa shape index (κ1) is 40.4. The molecule has 15 nitrogen and oxygen atoms in total. The number of carboxylic acid groups (broad SMARTS) is 1. The van der Waals surface area contributed by atoms with Crippen LogP contribution in [0.5, 0.6) is 0 Å². The lowest BCUT2D eigenvalue weighted by Gasteiger charge is -2.31. The molecule has 4 amide bonds. The Kier molecular flexibility index (Phi) is 16.8. The Balaban J connectivity index is 3.05. The molecule has 8 atom stereocenters. The van der Waals surface area contributed by atoms with Gasteiger partial charge in [-0.1, -0.05) is 71.9 Å². The van der Waals surface area contributed by atoms with Crippen LogP contribution < -0.4 is 27.0 Å². The van der Waals surface area contributed by atoms with Gasteiger partial charge >= 0.3 is 5.97 Å². The molecule has 1 rings (SSSR count). The zero-order chi connectivity index (χ0) is 35.3. The summed E-state index contributed by atoms with van der Waals surface area (Å²) >= 11 is 0. The maximum Gasteiger partial charge on any atom is 0.305 e. The Morgan fingerprint density at radius 2 is 1.33 bits per heavy atom. The summed E-state index contributed by atoms with van der Waals surface area (Å²) in [6.45, 7) is 9.57. The highest BCUT2D eigenvalue weighted by atomic mass is 16.4. The number of aliphatic carboxylic acids is 1.